The highest BCUT2D eigenvalue weighted by Gasteiger charge is 2.08. The molecule has 0 heterocycles. The fraction of sp³-hybridized carbons (Fsp3) is 0.364. The third-order valence-corrected chi connectivity index (χ3v) is 2.06. The molecule has 0 unspecified atom stereocenters. The number of nitrogen functional groups attached to an aromatic ring is 1. The summed E-state index contributed by atoms with van der Waals surface area (Å²) in [5.41, 5.74) is 5.27. The zero-order valence-corrected chi connectivity index (χ0v) is 9.04. The maximum atomic E-state index is 11.3. The van der Waals surface area contributed by atoms with E-state index in [0.29, 0.717) is 6.61 Å². The molecule has 0 aliphatic rings. The van der Waals surface area contributed by atoms with Crippen molar-refractivity contribution in [3.8, 4) is 0 Å². The Kier molecular flexibility index (Phi) is 4.12. The number of anilines is 1. The van der Waals surface area contributed by atoms with Crippen LogP contribution in [0.25, 0.3) is 0 Å². The molecular formula is C11H16N2O2. The third kappa shape index (κ3) is 3.25. The number of benzene rings is 1. The number of carbonyl (C=O) groups excluding carboxylic acids is 1. The van der Waals surface area contributed by atoms with Gasteiger partial charge in [-0.3, -0.25) is 10.6 Å². The van der Waals surface area contributed by atoms with Gasteiger partial charge in [0.1, 0.15) is 0 Å². The van der Waals surface area contributed by atoms with E-state index in [9.17, 15) is 4.79 Å². The Labute approximate surface area is 89.4 Å². The fourth-order valence-electron chi connectivity index (χ4n) is 1.38. The predicted molar refractivity (Wildman–Crippen MR) is 59.3 cm³/mol. The van der Waals surface area contributed by atoms with Crippen molar-refractivity contribution in [2.45, 2.75) is 20.3 Å². The van der Waals surface area contributed by atoms with Crippen LogP contribution >= 0.6 is 0 Å². The van der Waals surface area contributed by atoms with E-state index in [0.717, 1.165) is 16.8 Å². The van der Waals surface area contributed by atoms with Crippen molar-refractivity contribution in [2.75, 3.05) is 12.0 Å². The second-order valence-electron chi connectivity index (χ2n) is 3.29. The largest absolute Gasteiger partial charge is 0.466 e. The highest BCUT2D eigenvalue weighted by atomic mass is 16.5. The summed E-state index contributed by atoms with van der Waals surface area (Å²) in [5, 5.41) is 0. The Hall–Kier alpha value is -1.55. The van der Waals surface area contributed by atoms with E-state index in [4.69, 9.17) is 10.6 Å². The second-order valence-corrected chi connectivity index (χ2v) is 3.29. The summed E-state index contributed by atoms with van der Waals surface area (Å²) >= 11 is 0. The molecule has 0 spiro atoms. The molecule has 0 atom stereocenters. The average molecular weight is 208 g/mol. The van der Waals surface area contributed by atoms with Crippen LogP contribution in [0.3, 0.4) is 0 Å². The Morgan fingerprint density at radius 2 is 2.27 bits per heavy atom. The van der Waals surface area contributed by atoms with Crippen molar-refractivity contribution in [2.24, 2.45) is 5.84 Å². The SMILES string of the molecule is CCOC(=O)Cc1cc(C)ccc1NN. The number of nitrogens with two attached hydrogens (primary N) is 1. The molecule has 82 valence electrons. The van der Waals surface area contributed by atoms with Crippen molar-refractivity contribution in [1.29, 1.82) is 0 Å². The van der Waals surface area contributed by atoms with E-state index >= 15 is 0 Å². The maximum absolute atomic E-state index is 11.3. The van der Waals surface area contributed by atoms with E-state index < -0.39 is 0 Å². The van der Waals surface area contributed by atoms with Gasteiger partial charge in [-0.05, 0) is 25.5 Å². The van der Waals surface area contributed by atoms with Crippen molar-refractivity contribution >= 4 is 11.7 Å². The van der Waals surface area contributed by atoms with E-state index in [1.807, 2.05) is 25.1 Å². The van der Waals surface area contributed by atoms with Gasteiger partial charge >= 0.3 is 5.97 Å². The average Bonchev–Trinajstić information content (AvgIpc) is 2.18. The number of carbonyl (C=O) groups is 1. The Morgan fingerprint density at radius 3 is 2.87 bits per heavy atom. The van der Waals surface area contributed by atoms with Crippen molar-refractivity contribution in [1.82, 2.24) is 0 Å². The quantitative estimate of drug-likeness (QED) is 0.446. The first-order chi connectivity index (χ1) is 7.17. The van der Waals surface area contributed by atoms with Crippen LogP contribution in [0, 0.1) is 6.92 Å². The number of aryl methyl sites for hydroxylation is 1. The Bertz CT molecular complexity index is 350. The van der Waals surface area contributed by atoms with Crippen molar-refractivity contribution < 1.29 is 9.53 Å². The summed E-state index contributed by atoms with van der Waals surface area (Å²) in [6.07, 6.45) is 0.245. The first-order valence-corrected chi connectivity index (χ1v) is 4.89. The molecule has 0 aliphatic carbocycles. The topological polar surface area (TPSA) is 64.3 Å². The first kappa shape index (κ1) is 11.5. The molecule has 4 nitrogen and oxygen atoms in total. The number of ether oxygens (including phenoxy) is 1. The van der Waals surface area contributed by atoms with Crippen LogP contribution in [0.5, 0.6) is 0 Å². The van der Waals surface area contributed by atoms with Gasteiger partial charge in [0.2, 0.25) is 0 Å². The second kappa shape index (κ2) is 5.36. The predicted octanol–water partition coefficient (Wildman–Crippen LogP) is 1.39. The minimum atomic E-state index is -0.236. The van der Waals surface area contributed by atoms with Gasteiger partial charge in [-0.25, -0.2) is 0 Å². The molecule has 4 heteroatoms. The van der Waals surface area contributed by atoms with Crippen molar-refractivity contribution in [3.05, 3.63) is 29.3 Å². The van der Waals surface area contributed by atoms with Crippen molar-refractivity contribution in [3.63, 3.8) is 0 Å². The molecule has 1 aromatic carbocycles. The van der Waals surface area contributed by atoms with Gasteiger partial charge < -0.3 is 10.2 Å². The monoisotopic (exact) mass is 208 g/mol. The van der Waals surface area contributed by atoms with E-state index in [2.05, 4.69) is 5.43 Å². The number of hydrogen-bond donors (Lipinski definition) is 2. The van der Waals surface area contributed by atoms with Crippen LogP contribution in [0.4, 0.5) is 5.69 Å². The van der Waals surface area contributed by atoms with Crippen LogP contribution in [-0.2, 0) is 16.0 Å². The highest BCUT2D eigenvalue weighted by Crippen LogP contribution is 2.17. The number of esters is 1. The minimum absolute atomic E-state index is 0.236. The Balaban J connectivity index is 2.82. The summed E-state index contributed by atoms with van der Waals surface area (Å²) in [7, 11) is 0. The molecule has 0 aliphatic heterocycles. The summed E-state index contributed by atoms with van der Waals surface area (Å²) in [6.45, 7) is 4.15. The third-order valence-electron chi connectivity index (χ3n) is 2.06. The van der Waals surface area contributed by atoms with E-state index in [1.54, 1.807) is 6.92 Å². The van der Waals surface area contributed by atoms with E-state index in [1.165, 1.54) is 0 Å². The molecule has 0 radical (unpaired) electrons. The molecule has 0 fully saturated rings. The van der Waals surface area contributed by atoms with E-state index in [-0.39, 0.29) is 12.4 Å². The van der Waals surface area contributed by atoms with Gasteiger partial charge in [0, 0.05) is 0 Å². The summed E-state index contributed by atoms with van der Waals surface area (Å²) in [6, 6.07) is 5.71. The molecule has 0 amide bonds. The smallest absolute Gasteiger partial charge is 0.310 e. The molecule has 3 N–H and O–H groups in total. The standard InChI is InChI=1S/C11H16N2O2/c1-3-15-11(14)7-9-6-8(2)4-5-10(9)13-12/h4-6,13H,3,7,12H2,1-2H3. The first-order valence-electron chi connectivity index (χ1n) is 4.89. The molecule has 0 saturated heterocycles. The lowest BCUT2D eigenvalue weighted by molar-refractivity contribution is -0.142. The number of rotatable bonds is 4. The molecular weight excluding hydrogens is 192 g/mol. The summed E-state index contributed by atoms with van der Waals surface area (Å²) in [4.78, 5) is 11.3. The zero-order chi connectivity index (χ0) is 11.3. The number of hydrazine groups is 1. The normalized spacial score (nSPS) is 9.80. The Morgan fingerprint density at radius 1 is 1.53 bits per heavy atom. The zero-order valence-electron chi connectivity index (χ0n) is 9.04. The molecule has 0 bridgehead atoms. The molecule has 1 rings (SSSR count). The van der Waals surface area contributed by atoms with Crippen LogP contribution in [0.2, 0.25) is 0 Å². The molecule has 15 heavy (non-hydrogen) atoms. The van der Waals surface area contributed by atoms with Crippen LogP contribution < -0.4 is 11.3 Å². The van der Waals surface area contributed by atoms with Gasteiger partial charge in [-0.2, -0.15) is 0 Å². The van der Waals surface area contributed by atoms with Gasteiger partial charge in [0.25, 0.3) is 0 Å². The summed E-state index contributed by atoms with van der Waals surface area (Å²) < 4.78 is 4.88. The molecule has 1 aromatic rings. The van der Waals surface area contributed by atoms with Crippen LogP contribution in [0.15, 0.2) is 18.2 Å². The summed E-state index contributed by atoms with van der Waals surface area (Å²) in [5.74, 6) is 5.11. The lowest BCUT2D eigenvalue weighted by Gasteiger charge is -2.09. The molecule has 0 saturated carbocycles. The maximum Gasteiger partial charge on any atom is 0.310 e. The van der Waals surface area contributed by atoms with Gasteiger partial charge in [0.05, 0.1) is 18.7 Å². The van der Waals surface area contributed by atoms with Gasteiger partial charge in [0.15, 0.2) is 0 Å². The highest BCUT2D eigenvalue weighted by molar-refractivity contribution is 5.75. The number of nitrogens with one attached hydrogen (secondary N) is 1. The lowest BCUT2D eigenvalue weighted by atomic mass is 10.1. The fourth-order valence-corrected chi connectivity index (χ4v) is 1.38. The van der Waals surface area contributed by atoms with Gasteiger partial charge in [-0.15, -0.1) is 0 Å². The van der Waals surface area contributed by atoms with Gasteiger partial charge in [-0.1, -0.05) is 17.7 Å². The molecule has 0 aromatic heterocycles. The number of hydrogen-bond acceptors (Lipinski definition) is 4. The lowest BCUT2D eigenvalue weighted by Crippen LogP contribution is -2.13. The van der Waals surface area contributed by atoms with Crippen LogP contribution in [0.1, 0.15) is 18.1 Å². The van der Waals surface area contributed by atoms with Crippen LogP contribution in [-0.4, -0.2) is 12.6 Å². The minimum Gasteiger partial charge on any atom is -0.466 e.